The van der Waals surface area contributed by atoms with Gasteiger partial charge in [-0.05, 0) is 19.9 Å². The van der Waals surface area contributed by atoms with Crippen molar-refractivity contribution in [1.82, 2.24) is 20.1 Å². The van der Waals surface area contributed by atoms with Gasteiger partial charge in [0.25, 0.3) is 0 Å². The van der Waals surface area contributed by atoms with Crippen LogP contribution in [-0.2, 0) is 11.8 Å². The molecule has 1 N–H and O–H groups in total. The summed E-state index contributed by atoms with van der Waals surface area (Å²) in [6, 6.07) is 0.377. The summed E-state index contributed by atoms with van der Waals surface area (Å²) < 4.78 is 7.41. The first-order chi connectivity index (χ1) is 7.72. The van der Waals surface area contributed by atoms with Crippen LogP contribution in [0.5, 0.6) is 0 Å². The minimum atomic E-state index is 0.331. The Hall–Kier alpha value is -0.940. The lowest BCUT2D eigenvalue weighted by molar-refractivity contribution is 0.187. The van der Waals surface area contributed by atoms with Gasteiger partial charge in [0.1, 0.15) is 11.6 Å². The van der Waals surface area contributed by atoms with Crippen molar-refractivity contribution in [3.05, 3.63) is 11.6 Å². The predicted molar refractivity (Wildman–Crippen MR) is 61.4 cm³/mol. The Balaban J connectivity index is 2.10. The van der Waals surface area contributed by atoms with Crippen LogP contribution in [0.25, 0.3) is 0 Å². The lowest BCUT2D eigenvalue weighted by Gasteiger charge is -2.17. The molecule has 1 fully saturated rings. The maximum atomic E-state index is 5.54. The Morgan fingerprint density at radius 3 is 2.94 bits per heavy atom. The Morgan fingerprint density at radius 2 is 2.31 bits per heavy atom. The van der Waals surface area contributed by atoms with Gasteiger partial charge in [-0.25, -0.2) is 4.98 Å². The average molecular weight is 224 g/mol. The fraction of sp³-hybridized carbons (Fsp3) is 0.818. The minimum Gasteiger partial charge on any atom is -0.379 e. The highest BCUT2D eigenvalue weighted by Crippen LogP contribution is 2.23. The molecule has 1 saturated heterocycles. The van der Waals surface area contributed by atoms with E-state index in [1.54, 1.807) is 0 Å². The highest BCUT2D eigenvalue weighted by atomic mass is 16.5. The van der Waals surface area contributed by atoms with Crippen LogP contribution in [0.3, 0.4) is 0 Å². The summed E-state index contributed by atoms with van der Waals surface area (Å²) >= 11 is 0. The van der Waals surface area contributed by atoms with E-state index in [2.05, 4.69) is 22.3 Å². The first-order valence-electron chi connectivity index (χ1n) is 5.91. The zero-order valence-electron chi connectivity index (χ0n) is 10.2. The van der Waals surface area contributed by atoms with Crippen LogP contribution in [0, 0.1) is 6.92 Å². The van der Waals surface area contributed by atoms with E-state index < -0.39 is 0 Å². The van der Waals surface area contributed by atoms with Gasteiger partial charge in [-0.3, -0.25) is 4.68 Å². The largest absolute Gasteiger partial charge is 0.379 e. The van der Waals surface area contributed by atoms with Crippen molar-refractivity contribution >= 4 is 0 Å². The van der Waals surface area contributed by atoms with Crippen LogP contribution in [0.1, 0.15) is 30.9 Å². The maximum Gasteiger partial charge on any atom is 0.147 e. The van der Waals surface area contributed by atoms with Crippen LogP contribution >= 0.6 is 0 Å². The third-order valence-electron chi connectivity index (χ3n) is 2.97. The molecule has 90 valence electrons. The molecule has 0 bridgehead atoms. The van der Waals surface area contributed by atoms with Crippen molar-refractivity contribution in [1.29, 1.82) is 0 Å². The second kappa shape index (κ2) is 4.93. The first-order valence-corrected chi connectivity index (χ1v) is 5.91. The first kappa shape index (κ1) is 11.5. The number of nitrogens with zero attached hydrogens (tertiary/aromatic N) is 3. The lowest BCUT2D eigenvalue weighted by atomic mass is 10.0. The second-order valence-electron chi connectivity index (χ2n) is 4.35. The molecule has 0 aliphatic carbocycles. The van der Waals surface area contributed by atoms with E-state index in [1.165, 1.54) is 0 Å². The third kappa shape index (κ3) is 2.25. The standard InChI is InChI=1S/C11H20N4O/c1-4-5-12-10-7-16-6-9(10)11-13-8(2)14-15(11)3/h9-10,12H,4-7H2,1-3H3. The molecule has 0 radical (unpaired) electrons. The zero-order chi connectivity index (χ0) is 11.5. The highest BCUT2D eigenvalue weighted by molar-refractivity contribution is 5.06. The van der Waals surface area contributed by atoms with Crippen molar-refractivity contribution in [3.8, 4) is 0 Å². The molecule has 0 amide bonds. The summed E-state index contributed by atoms with van der Waals surface area (Å²) in [4.78, 5) is 4.48. The van der Waals surface area contributed by atoms with Crippen molar-refractivity contribution in [3.63, 3.8) is 0 Å². The van der Waals surface area contributed by atoms with Gasteiger partial charge in [-0.15, -0.1) is 0 Å². The second-order valence-corrected chi connectivity index (χ2v) is 4.35. The minimum absolute atomic E-state index is 0.331. The number of ether oxygens (including phenoxy) is 1. The summed E-state index contributed by atoms with van der Waals surface area (Å²) in [5, 5.41) is 7.80. The third-order valence-corrected chi connectivity index (χ3v) is 2.97. The lowest BCUT2D eigenvalue weighted by Crippen LogP contribution is -2.35. The van der Waals surface area contributed by atoms with E-state index in [-0.39, 0.29) is 0 Å². The van der Waals surface area contributed by atoms with Crippen LogP contribution in [0.4, 0.5) is 0 Å². The molecule has 0 spiro atoms. The van der Waals surface area contributed by atoms with Crippen molar-refractivity contribution in [2.24, 2.45) is 7.05 Å². The van der Waals surface area contributed by atoms with Gasteiger partial charge in [0.15, 0.2) is 0 Å². The van der Waals surface area contributed by atoms with E-state index in [1.807, 2.05) is 18.7 Å². The fourth-order valence-electron chi connectivity index (χ4n) is 2.19. The molecule has 1 aromatic rings. The number of aromatic nitrogens is 3. The molecular weight excluding hydrogens is 204 g/mol. The molecule has 1 aliphatic rings. The SMILES string of the molecule is CCCNC1COCC1c1nc(C)nn1C. The van der Waals surface area contributed by atoms with Gasteiger partial charge in [-0.2, -0.15) is 5.10 Å². The van der Waals surface area contributed by atoms with Crippen molar-refractivity contribution in [2.45, 2.75) is 32.2 Å². The number of nitrogens with one attached hydrogen (secondary N) is 1. The topological polar surface area (TPSA) is 52.0 Å². The van der Waals surface area contributed by atoms with Crippen molar-refractivity contribution < 1.29 is 4.74 Å². The Morgan fingerprint density at radius 1 is 1.50 bits per heavy atom. The van der Waals surface area contributed by atoms with Crippen LogP contribution in [0.15, 0.2) is 0 Å². The maximum absolute atomic E-state index is 5.54. The molecule has 1 aromatic heterocycles. The van der Waals surface area contributed by atoms with Gasteiger partial charge < -0.3 is 10.1 Å². The quantitative estimate of drug-likeness (QED) is 0.814. The molecule has 5 heteroatoms. The van der Waals surface area contributed by atoms with Crippen LogP contribution < -0.4 is 5.32 Å². The zero-order valence-corrected chi connectivity index (χ0v) is 10.2. The Kier molecular flexibility index (Phi) is 3.56. The molecule has 0 saturated carbocycles. The van der Waals surface area contributed by atoms with E-state index in [0.717, 1.165) is 37.8 Å². The highest BCUT2D eigenvalue weighted by Gasteiger charge is 2.32. The Labute approximate surface area is 96.2 Å². The molecule has 2 atom stereocenters. The fourth-order valence-corrected chi connectivity index (χ4v) is 2.19. The van der Waals surface area contributed by atoms with Crippen molar-refractivity contribution in [2.75, 3.05) is 19.8 Å². The number of hydrogen-bond donors (Lipinski definition) is 1. The van der Waals surface area contributed by atoms with Gasteiger partial charge in [-0.1, -0.05) is 6.92 Å². The molecule has 2 unspecified atom stereocenters. The van der Waals surface area contributed by atoms with Gasteiger partial charge in [0, 0.05) is 13.1 Å². The monoisotopic (exact) mass is 224 g/mol. The summed E-state index contributed by atoms with van der Waals surface area (Å²) in [6.45, 7) is 6.64. The average Bonchev–Trinajstić information content (AvgIpc) is 2.81. The number of hydrogen-bond acceptors (Lipinski definition) is 4. The van der Waals surface area contributed by atoms with E-state index in [4.69, 9.17) is 4.74 Å². The smallest absolute Gasteiger partial charge is 0.147 e. The normalized spacial score (nSPS) is 25.2. The number of aryl methyl sites for hydroxylation is 2. The van der Waals surface area contributed by atoms with Gasteiger partial charge in [0.2, 0.25) is 0 Å². The van der Waals surface area contributed by atoms with Crippen LogP contribution in [-0.4, -0.2) is 40.6 Å². The summed E-state index contributed by atoms with van der Waals surface area (Å²) in [5.74, 6) is 2.19. The molecule has 16 heavy (non-hydrogen) atoms. The molecule has 0 aromatic carbocycles. The summed E-state index contributed by atoms with van der Waals surface area (Å²) in [6.07, 6.45) is 1.14. The van der Waals surface area contributed by atoms with Gasteiger partial charge >= 0.3 is 0 Å². The molecule has 2 heterocycles. The van der Waals surface area contributed by atoms with E-state index in [0.29, 0.717) is 12.0 Å². The molecule has 1 aliphatic heterocycles. The summed E-state index contributed by atoms with van der Waals surface area (Å²) in [7, 11) is 1.95. The molecule has 2 rings (SSSR count). The Bertz CT molecular complexity index is 350. The summed E-state index contributed by atoms with van der Waals surface area (Å²) in [5.41, 5.74) is 0. The van der Waals surface area contributed by atoms with E-state index >= 15 is 0 Å². The molecule has 5 nitrogen and oxygen atoms in total. The van der Waals surface area contributed by atoms with Gasteiger partial charge in [0.05, 0.1) is 19.1 Å². The molecular formula is C11H20N4O. The predicted octanol–water partition coefficient (Wildman–Crippen LogP) is 0.606. The van der Waals surface area contributed by atoms with Crippen LogP contribution in [0.2, 0.25) is 0 Å². The number of rotatable bonds is 4. The van der Waals surface area contributed by atoms with E-state index in [9.17, 15) is 0 Å².